The van der Waals surface area contributed by atoms with Crippen molar-refractivity contribution in [1.29, 1.82) is 0 Å². The molecule has 29 heavy (non-hydrogen) atoms. The van der Waals surface area contributed by atoms with Crippen LogP contribution in [0, 0.1) is 12.8 Å². The highest BCUT2D eigenvalue weighted by molar-refractivity contribution is 6.03. The zero-order valence-corrected chi connectivity index (χ0v) is 16.8. The third-order valence-electron chi connectivity index (χ3n) is 5.03. The van der Waals surface area contributed by atoms with Gasteiger partial charge >= 0.3 is 5.97 Å². The number of hydrogen-bond donors (Lipinski definition) is 2. The summed E-state index contributed by atoms with van der Waals surface area (Å²) in [7, 11) is 0. The van der Waals surface area contributed by atoms with Gasteiger partial charge < -0.3 is 15.4 Å². The van der Waals surface area contributed by atoms with E-state index in [0.717, 1.165) is 22.8 Å². The Bertz CT molecular complexity index is 965. The Morgan fingerprint density at radius 1 is 1.21 bits per heavy atom. The molecule has 6 heteroatoms. The van der Waals surface area contributed by atoms with Crippen LogP contribution in [0.4, 0.5) is 0 Å². The number of aryl methyl sites for hydroxylation is 1. The van der Waals surface area contributed by atoms with E-state index >= 15 is 0 Å². The minimum absolute atomic E-state index is 0.0469. The quantitative estimate of drug-likeness (QED) is 0.558. The van der Waals surface area contributed by atoms with Gasteiger partial charge in [0.05, 0.1) is 6.61 Å². The molecular formula is C23H26N2O4. The van der Waals surface area contributed by atoms with Crippen LogP contribution in [0.15, 0.2) is 48.2 Å². The summed E-state index contributed by atoms with van der Waals surface area (Å²) in [6, 6.07) is 11.5. The van der Waals surface area contributed by atoms with Crippen molar-refractivity contribution in [3.63, 3.8) is 0 Å². The van der Waals surface area contributed by atoms with Crippen LogP contribution >= 0.6 is 0 Å². The van der Waals surface area contributed by atoms with Gasteiger partial charge in [-0.05, 0) is 56.0 Å². The van der Waals surface area contributed by atoms with Gasteiger partial charge in [-0.15, -0.1) is 0 Å². The normalized spacial score (nSPS) is 16.6. The van der Waals surface area contributed by atoms with Gasteiger partial charge in [-0.2, -0.15) is 0 Å². The van der Waals surface area contributed by atoms with E-state index < -0.39 is 5.97 Å². The highest BCUT2D eigenvalue weighted by Gasteiger charge is 2.23. The van der Waals surface area contributed by atoms with Crippen molar-refractivity contribution in [2.45, 2.75) is 33.1 Å². The lowest BCUT2D eigenvalue weighted by Gasteiger charge is -2.11. The SMILES string of the molecule is CCOC(=O)C(=CCC[C@H]1CCNC1=O)NC(=O)c1ccc2cc(C)ccc2c1. The number of nitrogens with one attached hydrogen (secondary N) is 2. The Balaban J connectivity index is 1.73. The Labute approximate surface area is 170 Å². The molecular weight excluding hydrogens is 368 g/mol. The Kier molecular flexibility index (Phi) is 6.65. The second-order valence-corrected chi connectivity index (χ2v) is 7.21. The fraction of sp³-hybridized carbons (Fsp3) is 0.348. The predicted octanol–water partition coefficient (Wildman–Crippen LogP) is 3.24. The van der Waals surface area contributed by atoms with Crippen LogP contribution in [-0.4, -0.2) is 30.9 Å². The van der Waals surface area contributed by atoms with Crippen molar-refractivity contribution in [3.05, 3.63) is 59.3 Å². The summed E-state index contributed by atoms with van der Waals surface area (Å²) in [6.45, 7) is 4.64. The van der Waals surface area contributed by atoms with E-state index in [1.165, 1.54) is 0 Å². The number of carbonyl (C=O) groups is 3. The maximum absolute atomic E-state index is 12.7. The van der Waals surface area contributed by atoms with E-state index in [-0.39, 0.29) is 30.0 Å². The zero-order valence-electron chi connectivity index (χ0n) is 16.8. The molecule has 0 radical (unpaired) electrons. The summed E-state index contributed by atoms with van der Waals surface area (Å²) in [5.41, 5.74) is 1.73. The van der Waals surface area contributed by atoms with Gasteiger partial charge in [0.25, 0.3) is 5.91 Å². The van der Waals surface area contributed by atoms with Crippen LogP contribution in [0.5, 0.6) is 0 Å². The summed E-state index contributed by atoms with van der Waals surface area (Å²) in [5.74, 6) is -0.945. The van der Waals surface area contributed by atoms with Crippen molar-refractivity contribution in [2.75, 3.05) is 13.2 Å². The number of benzene rings is 2. The summed E-state index contributed by atoms with van der Waals surface area (Å²) in [4.78, 5) is 36.7. The lowest BCUT2D eigenvalue weighted by Crippen LogP contribution is -2.28. The molecule has 0 saturated carbocycles. The zero-order chi connectivity index (χ0) is 20.8. The molecule has 0 spiro atoms. The molecule has 1 fully saturated rings. The first-order chi connectivity index (χ1) is 14.0. The maximum Gasteiger partial charge on any atom is 0.354 e. The average Bonchev–Trinajstić information content (AvgIpc) is 3.11. The van der Waals surface area contributed by atoms with Crippen LogP contribution in [0.1, 0.15) is 42.1 Å². The molecule has 1 saturated heterocycles. The number of allylic oxidation sites excluding steroid dienone is 1. The number of rotatable bonds is 7. The highest BCUT2D eigenvalue weighted by atomic mass is 16.5. The number of amides is 2. The number of esters is 1. The van der Waals surface area contributed by atoms with E-state index in [2.05, 4.69) is 16.7 Å². The molecule has 2 amide bonds. The van der Waals surface area contributed by atoms with Crippen molar-refractivity contribution < 1.29 is 19.1 Å². The Morgan fingerprint density at radius 3 is 2.69 bits per heavy atom. The van der Waals surface area contributed by atoms with E-state index in [9.17, 15) is 14.4 Å². The third kappa shape index (κ3) is 5.22. The monoisotopic (exact) mass is 394 g/mol. The van der Waals surface area contributed by atoms with E-state index in [1.807, 2.05) is 25.1 Å². The summed E-state index contributed by atoms with van der Waals surface area (Å²) >= 11 is 0. The molecule has 1 aliphatic heterocycles. The molecule has 0 bridgehead atoms. The molecule has 0 aromatic heterocycles. The number of hydrogen-bond acceptors (Lipinski definition) is 4. The summed E-state index contributed by atoms with van der Waals surface area (Å²) in [5, 5.41) is 7.49. The Hall–Kier alpha value is -3.15. The lowest BCUT2D eigenvalue weighted by atomic mass is 10.0. The average molecular weight is 394 g/mol. The van der Waals surface area contributed by atoms with Crippen molar-refractivity contribution in [1.82, 2.24) is 10.6 Å². The molecule has 2 aromatic rings. The van der Waals surface area contributed by atoms with Crippen LogP contribution in [-0.2, 0) is 14.3 Å². The van der Waals surface area contributed by atoms with E-state index in [4.69, 9.17) is 4.74 Å². The smallest absolute Gasteiger partial charge is 0.354 e. The van der Waals surface area contributed by atoms with Gasteiger partial charge in [-0.25, -0.2) is 4.79 Å². The summed E-state index contributed by atoms with van der Waals surface area (Å²) in [6.07, 6.45) is 3.57. The van der Waals surface area contributed by atoms with E-state index in [0.29, 0.717) is 24.9 Å². The van der Waals surface area contributed by atoms with Gasteiger partial charge in [0, 0.05) is 18.0 Å². The van der Waals surface area contributed by atoms with Gasteiger partial charge in [0.2, 0.25) is 5.91 Å². The molecule has 1 atom stereocenters. The maximum atomic E-state index is 12.7. The first-order valence-corrected chi connectivity index (χ1v) is 9.94. The second kappa shape index (κ2) is 9.37. The van der Waals surface area contributed by atoms with E-state index in [1.54, 1.807) is 25.1 Å². The van der Waals surface area contributed by atoms with Crippen molar-refractivity contribution in [3.8, 4) is 0 Å². The van der Waals surface area contributed by atoms with Gasteiger partial charge in [-0.1, -0.05) is 35.9 Å². The fourth-order valence-corrected chi connectivity index (χ4v) is 3.44. The van der Waals surface area contributed by atoms with Crippen LogP contribution in [0.3, 0.4) is 0 Å². The molecule has 6 nitrogen and oxygen atoms in total. The molecule has 2 N–H and O–H groups in total. The van der Waals surface area contributed by atoms with Gasteiger partial charge in [-0.3, -0.25) is 9.59 Å². The lowest BCUT2D eigenvalue weighted by molar-refractivity contribution is -0.138. The largest absolute Gasteiger partial charge is 0.461 e. The van der Waals surface area contributed by atoms with Gasteiger partial charge in [0.1, 0.15) is 5.70 Å². The van der Waals surface area contributed by atoms with Crippen LogP contribution in [0.2, 0.25) is 0 Å². The first kappa shape index (κ1) is 20.6. The highest BCUT2D eigenvalue weighted by Crippen LogP contribution is 2.19. The standard InChI is InChI=1S/C23H26N2O4/c1-3-29-23(28)20(6-4-5-16-11-12-24-21(16)26)25-22(27)19-10-9-17-13-15(2)7-8-18(17)14-19/h6-10,13-14,16H,3-5,11-12H2,1-2H3,(H,24,26)(H,25,27)/t16-/m0/s1. The molecule has 0 aliphatic carbocycles. The molecule has 0 unspecified atom stereocenters. The van der Waals surface area contributed by atoms with Crippen molar-refractivity contribution >= 4 is 28.6 Å². The minimum atomic E-state index is -0.576. The number of carbonyl (C=O) groups excluding carboxylic acids is 3. The number of ether oxygens (including phenoxy) is 1. The van der Waals surface area contributed by atoms with Gasteiger partial charge in [0.15, 0.2) is 0 Å². The third-order valence-corrected chi connectivity index (χ3v) is 5.03. The topological polar surface area (TPSA) is 84.5 Å². The molecule has 152 valence electrons. The first-order valence-electron chi connectivity index (χ1n) is 9.94. The summed E-state index contributed by atoms with van der Waals surface area (Å²) < 4.78 is 5.07. The van der Waals surface area contributed by atoms with Crippen LogP contribution < -0.4 is 10.6 Å². The molecule has 1 aliphatic rings. The Morgan fingerprint density at radius 2 is 1.97 bits per heavy atom. The molecule has 2 aromatic carbocycles. The number of fused-ring (bicyclic) bond motifs is 1. The second-order valence-electron chi connectivity index (χ2n) is 7.21. The minimum Gasteiger partial charge on any atom is -0.461 e. The predicted molar refractivity (Wildman–Crippen MR) is 111 cm³/mol. The fourth-order valence-electron chi connectivity index (χ4n) is 3.44. The molecule has 1 heterocycles. The molecule has 3 rings (SSSR count). The van der Waals surface area contributed by atoms with Crippen LogP contribution in [0.25, 0.3) is 10.8 Å². The van der Waals surface area contributed by atoms with Crippen molar-refractivity contribution in [2.24, 2.45) is 5.92 Å².